The van der Waals surface area contributed by atoms with Crippen molar-refractivity contribution < 1.29 is 0 Å². The molecule has 3 heteroatoms. The van der Waals surface area contributed by atoms with Crippen LogP contribution in [0.15, 0.2) is 12.4 Å². The van der Waals surface area contributed by atoms with E-state index < -0.39 is 0 Å². The van der Waals surface area contributed by atoms with E-state index in [2.05, 4.69) is 28.0 Å². The first-order chi connectivity index (χ1) is 5.88. The van der Waals surface area contributed by atoms with E-state index >= 15 is 0 Å². The second-order valence-electron chi connectivity index (χ2n) is 3.38. The van der Waals surface area contributed by atoms with E-state index in [1.54, 1.807) is 0 Å². The van der Waals surface area contributed by atoms with Gasteiger partial charge in [0.2, 0.25) is 0 Å². The summed E-state index contributed by atoms with van der Waals surface area (Å²) in [4.78, 5) is 4.23. The smallest absolute Gasteiger partial charge is 0.105 e. The van der Waals surface area contributed by atoms with E-state index in [9.17, 15) is 0 Å². The maximum absolute atomic E-state index is 4.23. The number of aromatic nitrogens is 2. The fourth-order valence-corrected chi connectivity index (χ4v) is 1.84. The van der Waals surface area contributed by atoms with Crippen molar-refractivity contribution in [2.45, 2.75) is 25.8 Å². The first kappa shape index (κ1) is 7.80. The van der Waals surface area contributed by atoms with E-state index in [4.69, 9.17) is 0 Å². The molecule has 0 aliphatic carbocycles. The molecule has 1 N–H and O–H groups in total. The Morgan fingerprint density at radius 2 is 2.58 bits per heavy atom. The number of piperidine rings is 1. The Morgan fingerprint density at radius 3 is 3.17 bits per heavy atom. The molecule has 12 heavy (non-hydrogen) atoms. The van der Waals surface area contributed by atoms with Crippen molar-refractivity contribution in [2.75, 3.05) is 13.1 Å². The average molecular weight is 165 g/mol. The van der Waals surface area contributed by atoms with Crippen molar-refractivity contribution >= 4 is 0 Å². The molecule has 3 nitrogen and oxygen atoms in total. The van der Waals surface area contributed by atoms with Crippen LogP contribution in [0, 0.1) is 6.92 Å². The van der Waals surface area contributed by atoms with Crippen LogP contribution >= 0.6 is 0 Å². The molecule has 1 saturated heterocycles. The van der Waals surface area contributed by atoms with Gasteiger partial charge >= 0.3 is 0 Å². The Hall–Kier alpha value is -0.830. The minimum absolute atomic E-state index is 0.626. The van der Waals surface area contributed by atoms with Crippen molar-refractivity contribution in [1.29, 1.82) is 0 Å². The van der Waals surface area contributed by atoms with Gasteiger partial charge < -0.3 is 9.88 Å². The van der Waals surface area contributed by atoms with Gasteiger partial charge in [0.25, 0.3) is 0 Å². The van der Waals surface area contributed by atoms with Crippen LogP contribution in [-0.4, -0.2) is 22.6 Å². The SMILES string of the molecule is Cc1nccn1C1CCCNC1. The summed E-state index contributed by atoms with van der Waals surface area (Å²) in [5, 5.41) is 3.40. The third-order valence-corrected chi connectivity index (χ3v) is 2.53. The van der Waals surface area contributed by atoms with Crippen LogP contribution in [0.5, 0.6) is 0 Å². The largest absolute Gasteiger partial charge is 0.331 e. The second kappa shape index (κ2) is 3.27. The molecule has 66 valence electrons. The van der Waals surface area contributed by atoms with Crippen molar-refractivity contribution in [3.8, 4) is 0 Å². The molecule has 1 fully saturated rings. The number of hydrogen-bond acceptors (Lipinski definition) is 2. The van der Waals surface area contributed by atoms with Gasteiger partial charge in [0, 0.05) is 25.0 Å². The molecule has 0 aromatic carbocycles. The number of nitrogens with zero attached hydrogens (tertiary/aromatic N) is 2. The molecule has 0 bridgehead atoms. The second-order valence-corrected chi connectivity index (χ2v) is 3.38. The molecule has 1 aliphatic rings. The summed E-state index contributed by atoms with van der Waals surface area (Å²) in [6, 6.07) is 0.626. The predicted molar refractivity (Wildman–Crippen MR) is 48.1 cm³/mol. The highest BCUT2D eigenvalue weighted by molar-refractivity contribution is 4.93. The Balaban J connectivity index is 2.13. The van der Waals surface area contributed by atoms with Gasteiger partial charge in [-0.25, -0.2) is 4.98 Å². The lowest BCUT2D eigenvalue weighted by molar-refractivity contribution is 0.366. The minimum atomic E-state index is 0.626. The van der Waals surface area contributed by atoms with Gasteiger partial charge in [0.15, 0.2) is 0 Å². The van der Waals surface area contributed by atoms with Gasteiger partial charge in [-0.3, -0.25) is 0 Å². The number of rotatable bonds is 1. The normalized spacial score (nSPS) is 24.2. The summed E-state index contributed by atoms with van der Waals surface area (Å²) in [5.74, 6) is 1.13. The van der Waals surface area contributed by atoms with Crippen molar-refractivity contribution in [1.82, 2.24) is 14.9 Å². The van der Waals surface area contributed by atoms with Crippen LogP contribution in [0.4, 0.5) is 0 Å². The molecule has 0 amide bonds. The topological polar surface area (TPSA) is 29.9 Å². The lowest BCUT2D eigenvalue weighted by Gasteiger charge is -2.24. The van der Waals surface area contributed by atoms with E-state index in [1.165, 1.54) is 19.4 Å². The first-order valence-electron chi connectivity index (χ1n) is 4.58. The maximum atomic E-state index is 4.23. The number of aryl methyl sites for hydroxylation is 1. The van der Waals surface area contributed by atoms with Crippen LogP contribution in [0.25, 0.3) is 0 Å². The lowest BCUT2D eigenvalue weighted by atomic mass is 10.1. The van der Waals surface area contributed by atoms with Crippen molar-refractivity contribution in [3.63, 3.8) is 0 Å². The molecule has 1 aromatic heterocycles. The first-order valence-corrected chi connectivity index (χ1v) is 4.58. The maximum Gasteiger partial charge on any atom is 0.105 e. The quantitative estimate of drug-likeness (QED) is 0.675. The summed E-state index contributed by atoms with van der Waals surface area (Å²) >= 11 is 0. The molecule has 2 heterocycles. The molecule has 0 radical (unpaired) electrons. The fourth-order valence-electron chi connectivity index (χ4n) is 1.84. The Kier molecular flexibility index (Phi) is 2.13. The molecule has 1 aromatic rings. The Bertz CT molecular complexity index is 248. The van der Waals surface area contributed by atoms with Crippen LogP contribution in [0.1, 0.15) is 24.7 Å². The van der Waals surface area contributed by atoms with E-state index in [0.717, 1.165) is 12.4 Å². The van der Waals surface area contributed by atoms with Gasteiger partial charge in [0.05, 0.1) is 0 Å². The number of imidazole rings is 1. The summed E-state index contributed by atoms with van der Waals surface area (Å²) in [5.41, 5.74) is 0. The molecule has 0 spiro atoms. The van der Waals surface area contributed by atoms with Crippen LogP contribution in [0.2, 0.25) is 0 Å². The van der Waals surface area contributed by atoms with Gasteiger partial charge in [-0.2, -0.15) is 0 Å². The lowest BCUT2D eigenvalue weighted by Crippen LogP contribution is -2.31. The highest BCUT2D eigenvalue weighted by Gasteiger charge is 2.15. The average Bonchev–Trinajstić information content (AvgIpc) is 2.53. The van der Waals surface area contributed by atoms with Crippen molar-refractivity contribution in [3.05, 3.63) is 18.2 Å². The standard InChI is InChI=1S/C9H15N3/c1-8-11-5-6-12(8)9-3-2-4-10-7-9/h5-6,9-10H,2-4,7H2,1H3. The summed E-state index contributed by atoms with van der Waals surface area (Å²) in [7, 11) is 0. The Morgan fingerprint density at radius 1 is 1.67 bits per heavy atom. The Labute approximate surface area is 72.8 Å². The third-order valence-electron chi connectivity index (χ3n) is 2.53. The molecule has 1 atom stereocenters. The van der Waals surface area contributed by atoms with E-state index in [1.807, 2.05) is 6.20 Å². The third kappa shape index (κ3) is 1.37. The van der Waals surface area contributed by atoms with Gasteiger partial charge in [-0.1, -0.05) is 0 Å². The van der Waals surface area contributed by atoms with Crippen LogP contribution in [0.3, 0.4) is 0 Å². The van der Waals surface area contributed by atoms with E-state index in [-0.39, 0.29) is 0 Å². The van der Waals surface area contributed by atoms with Gasteiger partial charge in [-0.05, 0) is 26.3 Å². The molecular formula is C9H15N3. The van der Waals surface area contributed by atoms with Crippen LogP contribution < -0.4 is 5.32 Å². The minimum Gasteiger partial charge on any atom is -0.331 e. The summed E-state index contributed by atoms with van der Waals surface area (Å²) < 4.78 is 2.27. The molecule has 1 unspecified atom stereocenters. The zero-order valence-corrected chi connectivity index (χ0v) is 7.45. The molecular weight excluding hydrogens is 150 g/mol. The highest BCUT2D eigenvalue weighted by atomic mass is 15.1. The number of nitrogens with one attached hydrogen (secondary N) is 1. The van der Waals surface area contributed by atoms with Gasteiger partial charge in [-0.15, -0.1) is 0 Å². The van der Waals surface area contributed by atoms with Crippen LogP contribution in [-0.2, 0) is 0 Å². The summed E-state index contributed by atoms with van der Waals surface area (Å²) in [6.45, 7) is 4.33. The molecule has 0 saturated carbocycles. The highest BCUT2D eigenvalue weighted by Crippen LogP contribution is 2.17. The zero-order chi connectivity index (χ0) is 8.39. The number of hydrogen-bond donors (Lipinski definition) is 1. The molecule has 2 rings (SSSR count). The van der Waals surface area contributed by atoms with Crippen molar-refractivity contribution in [2.24, 2.45) is 0 Å². The predicted octanol–water partition coefficient (Wildman–Crippen LogP) is 1.12. The zero-order valence-electron chi connectivity index (χ0n) is 7.45. The summed E-state index contributed by atoms with van der Waals surface area (Å²) in [6.07, 6.45) is 6.52. The van der Waals surface area contributed by atoms with Gasteiger partial charge in [0.1, 0.15) is 5.82 Å². The molecule has 1 aliphatic heterocycles. The van der Waals surface area contributed by atoms with E-state index in [0.29, 0.717) is 6.04 Å². The monoisotopic (exact) mass is 165 g/mol. The fraction of sp³-hybridized carbons (Fsp3) is 0.667.